The molecule has 0 unspecified atom stereocenters. The highest BCUT2D eigenvalue weighted by Gasteiger charge is 2.11. The van der Waals surface area contributed by atoms with Crippen molar-refractivity contribution in [2.75, 3.05) is 19.7 Å². The summed E-state index contributed by atoms with van der Waals surface area (Å²) >= 11 is 0. The van der Waals surface area contributed by atoms with Crippen LogP contribution in [0, 0.1) is 0 Å². The number of rotatable bonds is 8. The van der Waals surface area contributed by atoms with Gasteiger partial charge in [0.05, 0.1) is 0 Å². The minimum atomic E-state index is -0.286. The van der Waals surface area contributed by atoms with Gasteiger partial charge in [-0.3, -0.25) is 0 Å². The molecule has 0 aliphatic carbocycles. The number of ether oxygens (including phenoxy) is 1. The Kier molecular flexibility index (Phi) is 8.53. The highest BCUT2D eigenvalue weighted by Crippen LogP contribution is 2.01. The van der Waals surface area contributed by atoms with Crippen molar-refractivity contribution in [1.82, 2.24) is 4.90 Å². The van der Waals surface area contributed by atoms with Gasteiger partial charge in [0.25, 0.3) is 0 Å². The third kappa shape index (κ3) is 6.77. The van der Waals surface area contributed by atoms with Gasteiger partial charge in [0.2, 0.25) is 0 Å². The molecule has 0 rings (SSSR count). The minimum absolute atomic E-state index is 0.264. The summed E-state index contributed by atoms with van der Waals surface area (Å²) in [6.45, 7) is 10.8. The van der Waals surface area contributed by atoms with Crippen molar-refractivity contribution in [3.63, 3.8) is 0 Å². The van der Waals surface area contributed by atoms with Crippen LogP contribution in [0.15, 0.2) is 25.3 Å². The summed E-state index contributed by atoms with van der Waals surface area (Å²) < 4.78 is 4.96. The molecule has 0 saturated carbocycles. The first-order valence-electron chi connectivity index (χ1n) is 5.39. The second kappa shape index (κ2) is 9.31. The molecule has 0 spiro atoms. The smallest absolute Gasteiger partial charge is 0.410 e. The maximum absolute atomic E-state index is 11.5. The first kappa shape index (κ1) is 13.8. The van der Waals surface area contributed by atoms with E-state index >= 15 is 0 Å². The molecule has 0 fully saturated rings. The first-order chi connectivity index (χ1) is 7.26. The normalized spacial score (nSPS) is 9.40. The summed E-state index contributed by atoms with van der Waals surface area (Å²) in [4.78, 5) is 13.2. The molecule has 3 nitrogen and oxygen atoms in total. The average molecular weight is 211 g/mol. The van der Waals surface area contributed by atoms with E-state index in [0.717, 1.165) is 25.8 Å². The summed E-state index contributed by atoms with van der Waals surface area (Å²) in [6.07, 6.45) is 6.27. The van der Waals surface area contributed by atoms with Crippen LogP contribution in [0.5, 0.6) is 0 Å². The van der Waals surface area contributed by atoms with Crippen molar-refractivity contribution < 1.29 is 9.53 Å². The summed E-state index contributed by atoms with van der Waals surface area (Å²) in [5.74, 6) is 0. The SMILES string of the molecule is C=CCOC(=O)N(CC=C)CCCCC. The van der Waals surface area contributed by atoms with Gasteiger partial charge in [-0.2, -0.15) is 0 Å². The van der Waals surface area contributed by atoms with Gasteiger partial charge >= 0.3 is 6.09 Å². The standard InChI is InChI=1S/C12H21NO2/c1-4-7-8-10-13(9-5-2)12(14)15-11-6-3/h5-6H,2-4,7-11H2,1H3. The number of hydrogen-bond donors (Lipinski definition) is 0. The lowest BCUT2D eigenvalue weighted by Crippen LogP contribution is -2.32. The van der Waals surface area contributed by atoms with Crippen LogP contribution in [0.3, 0.4) is 0 Å². The molecule has 0 N–H and O–H groups in total. The molecule has 15 heavy (non-hydrogen) atoms. The van der Waals surface area contributed by atoms with Crippen LogP contribution in [-0.2, 0) is 4.74 Å². The first-order valence-corrected chi connectivity index (χ1v) is 5.39. The largest absolute Gasteiger partial charge is 0.445 e. The Hall–Kier alpha value is -1.25. The minimum Gasteiger partial charge on any atom is -0.445 e. The molecular formula is C12H21NO2. The van der Waals surface area contributed by atoms with Crippen molar-refractivity contribution in [3.8, 4) is 0 Å². The zero-order valence-corrected chi connectivity index (χ0v) is 9.58. The van der Waals surface area contributed by atoms with Crippen molar-refractivity contribution >= 4 is 6.09 Å². The van der Waals surface area contributed by atoms with Crippen LogP contribution < -0.4 is 0 Å². The molecule has 0 saturated heterocycles. The fraction of sp³-hybridized carbons (Fsp3) is 0.583. The maximum Gasteiger partial charge on any atom is 0.410 e. The van der Waals surface area contributed by atoms with E-state index in [1.165, 1.54) is 0 Å². The lowest BCUT2D eigenvalue weighted by atomic mass is 10.2. The van der Waals surface area contributed by atoms with Gasteiger partial charge in [0.15, 0.2) is 0 Å². The predicted molar refractivity (Wildman–Crippen MR) is 62.8 cm³/mol. The van der Waals surface area contributed by atoms with Crippen LogP contribution in [0.4, 0.5) is 4.79 Å². The molecule has 0 aliphatic rings. The van der Waals surface area contributed by atoms with E-state index < -0.39 is 0 Å². The van der Waals surface area contributed by atoms with E-state index in [1.54, 1.807) is 17.1 Å². The molecule has 86 valence electrons. The van der Waals surface area contributed by atoms with Crippen molar-refractivity contribution in [2.24, 2.45) is 0 Å². The molecule has 0 bridgehead atoms. The van der Waals surface area contributed by atoms with Gasteiger partial charge in [-0.05, 0) is 6.42 Å². The quantitative estimate of drug-likeness (QED) is 0.456. The Morgan fingerprint density at radius 3 is 2.60 bits per heavy atom. The van der Waals surface area contributed by atoms with Gasteiger partial charge in [-0.25, -0.2) is 4.79 Å². The van der Waals surface area contributed by atoms with E-state index in [0.29, 0.717) is 6.54 Å². The Bertz CT molecular complexity index is 202. The van der Waals surface area contributed by atoms with Crippen LogP contribution in [-0.4, -0.2) is 30.7 Å². The molecule has 0 aromatic heterocycles. The number of carbonyl (C=O) groups is 1. The van der Waals surface area contributed by atoms with Crippen LogP contribution in [0.25, 0.3) is 0 Å². The maximum atomic E-state index is 11.5. The van der Waals surface area contributed by atoms with Gasteiger partial charge in [-0.1, -0.05) is 38.5 Å². The molecule has 0 radical (unpaired) electrons. The molecular weight excluding hydrogens is 190 g/mol. The van der Waals surface area contributed by atoms with Gasteiger partial charge < -0.3 is 9.64 Å². The van der Waals surface area contributed by atoms with E-state index in [4.69, 9.17) is 4.74 Å². The summed E-state index contributed by atoms with van der Waals surface area (Å²) in [7, 11) is 0. The molecule has 0 atom stereocenters. The summed E-state index contributed by atoms with van der Waals surface area (Å²) in [6, 6.07) is 0. The third-order valence-corrected chi connectivity index (χ3v) is 1.96. The number of amides is 1. The number of unbranched alkanes of at least 4 members (excludes halogenated alkanes) is 2. The number of carbonyl (C=O) groups excluding carboxylic acids is 1. The molecule has 0 aromatic rings. The lowest BCUT2D eigenvalue weighted by Gasteiger charge is -2.19. The van der Waals surface area contributed by atoms with Crippen molar-refractivity contribution in [1.29, 1.82) is 0 Å². The van der Waals surface area contributed by atoms with E-state index in [2.05, 4.69) is 20.1 Å². The van der Waals surface area contributed by atoms with Crippen molar-refractivity contribution in [3.05, 3.63) is 25.3 Å². The Labute approximate surface area is 92.4 Å². The monoisotopic (exact) mass is 211 g/mol. The van der Waals surface area contributed by atoms with Crippen molar-refractivity contribution in [2.45, 2.75) is 26.2 Å². The lowest BCUT2D eigenvalue weighted by molar-refractivity contribution is 0.116. The highest BCUT2D eigenvalue weighted by molar-refractivity contribution is 5.67. The fourth-order valence-corrected chi connectivity index (χ4v) is 1.19. The third-order valence-electron chi connectivity index (χ3n) is 1.96. The second-order valence-electron chi connectivity index (χ2n) is 3.31. The van der Waals surface area contributed by atoms with Gasteiger partial charge in [-0.15, -0.1) is 6.58 Å². The second-order valence-corrected chi connectivity index (χ2v) is 3.31. The van der Waals surface area contributed by atoms with E-state index in [1.807, 2.05) is 0 Å². The summed E-state index contributed by atoms with van der Waals surface area (Å²) in [5, 5.41) is 0. The summed E-state index contributed by atoms with van der Waals surface area (Å²) in [5.41, 5.74) is 0. The van der Waals surface area contributed by atoms with E-state index in [-0.39, 0.29) is 12.7 Å². The number of hydrogen-bond acceptors (Lipinski definition) is 2. The Morgan fingerprint density at radius 2 is 2.07 bits per heavy atom. The molecule has 0 heterocycles. The highest BCUT2D eigenvalue weighted by atomic mass is 16.6. The molecule has 0 aromatic carbocycles. The number of nitrogens with zero attached hydrogens (tertiary/aromatic N) is 1. The van der Waals surface area contributed by atoms with Crippen LogP contribution in [0.2, 0.25) is 0 Å². The zero-order chi connectivity index (χ0) is 11.5. The molecule has 3 heteroatoms. The molecule has 0 aliphatic heterocycles. The predicted octanol–water partition coefficient (Wildman–Crippen LogP) is 2.99. The van der Waals surface area contributed by atoms with Gasteiger partial charge in [0, 0.05) is 13.1 Å². The fourth-order valence-electron chi connectivity index (χ4n) is 1.19. The van der Waals surface area contributed by atoms with E-state index in [9.17, 15) is 4.79 Å². The van der Waals surface area contributed by atoms with Crippen LogP contribution in [0.1, 0.15) is 26.2 Å². The Balaban J connectivity index is 3.93. The van der Waals surface area contributed by atoms with Gasteiger partial charge in [0.1, 0.15) is 6.61 Å². The molecule has 1 amide bonds. The zero-order valence-electron chi connectivity index (χ0n) is 9.58. The average Bonchev–Trinajstić information content (AvgIpc) is 2.25. The Morgan fingerprint density at radius 1 is 1.33 bits per heavy atom. The topological polar surface area (TPSA) is 29.5 Å². The van der Waals surface area contributed by atoms with Crippen LogP contribution >= 0.6 is 0 Å².